The van der Waals surface area contributed by atoms with E-state index in [0.29, 0.717) is 10.6 Å². The van der Waals surface area contributed by atoms with Crippen LogP contribution in [0.25, 0.3) is 0 Å². The first kappa shape index (κ1) is 14.3. The Balaban J connectivity index is 2.47. The van der Waals surface area contributed by atoms with Crippen LogP contribution in [0.1, 0.15) is 18.5 Å². The van der Waals surface area contributed by atoms with Gasteiger partial charge in [-0.15, -0.1) is 0 Å². The van der Waals surface area contributed by atoms with E-state index >= 15 is 0 Å². The summed E-state index contributed by atoms with van der Waals surface area (Å²) in [6.45, 7) is 1.57. The van der Waals surface area contributed by atoms with Gasteiger partial charge in [0.15, 0.2) is 9.84 Å². The van der Waals surface area contributed by atoms with Crippen LogP contribution in [-0.4, -0.2) is 38.1 Å². The Morgan fingerprint density at radius 1 is 1.53 bits per heavy atom. The highest BCUT2D eigenvalue weighted by Gasteiger charge is 2.38. The minimum Gasteiger partial charge on any atom is -0.336 e. The molecule has 2 atom stereocenters. The molecule has 1 aliphatic heterocycles. The van der Waals surface area contributed by atoms with Crippen molar-refractivity contribution in [3.63, 3.8) is 0 Å². The lowest BCUT2D eigenvalue weighted by Crippen LogP contribution is -2.42. The molecule has 0 radical (unpaired) electrons. The molecule has 0 bridgehead atoms. The molecule has 0 saturated heterocycles. The quantitative estimate of drug-likeness (QED) is 0.883. The van der Waals surface area contributed by atoms with E-state index in [-0.39, 0.29) is 16.6 Å². The zero-order chi connectivity index (χ0) is 14.4. The summed E-state index contributed by atoms with van der Waals surface area (Å²) in [5, 5.41) is 0.447. The smallest absolute Gasteiger partial charge is 0.239 e. The number of carbonyl (C=O) groups is 1. The molecular weight excluding hydrogens is 288 g/mol. The number of sulfone groups is 1. The van der Waals surface area contributed by atoms with E-state index in [9.17, 15) is 13.2 Å². The minimum absolute atomic E-state index is 0.127. The molecule has 1 heterocycles. The van der Waals surface area contributed by atoms with Crippen LogP contribution in [-0.2, 0) is 14.6 Å². The van der Waals surface area contributed by atoms with E-state index in [1.54, 1.807) is 20.0 Å². The molecule has 7 heteroatoms. The third-order valence-electron chi connectivity index (χ3n) is 3.25. The second-order valence-electron chi connectivity index (χ2n) is 4.72. The summed E-state index contributed by atoms with van der Waals surface area (Å²) in [6, 6.07) is 3.41. The van der Waals surface area contributed by atoms with Gasteiger partial charge in [-0.25, -0.2) is 8.42 Å². The van der Waals surface area contributed by atoms with Crippen molar-refractivity contribution < 1.29 is 13.2 Å². The van der Waals surface area contributed by atoms with Gasteiger partial charge in [-0.1, -0.05) is 11.6 Å². The molecule has 1 aliphatic rings. The van der Waals surface area contributed by atoms with E-state index < -0.39 is 21.9 Å². The van der Waals surface area contributed by atoms with Gasteiger partial charge in [-0.05, 0) is 30.7 Å². The summed E-state index contributed by atoms with van der Waals surface area (Å²) in [4.78, 5) is 13.5. The zero-order valence-corrected chi connectivity index (χ0v) is 12.2. The standard InChI is InChI=1S/C12H15ClN2O3S/c1-7(14)12(16)15(2)10-6-19(17,18)11-4-3-8(13)5-9(10)11/h3-5,7,10H,6,14H2,1-2H3. The van der Waals surface area contributed by atoms with Crippen molar-refractivity contribution in [2.24, 2.45) is 5.73 Å². The lowest BCUT2D eigenvalue weighted by molar-refractivity contribution is -0.132. The van der Waals surface area contributed by atoms with Crippen LogP contribution in [0.2, 0.25) is 5.02 Å². The molecule has 5 nitrogen and oxygen atoms in total. The van der Waals surface area contributed by atoms with Gasteiger partial charge in [0.05, 0.1) is 22.7 Å². The molecule has 19 heavy (non-hydrogen) atoms. The lowest BCUT2D eigenvalue weighted by atomic mass is 10.1. The van der Waals surface area contributed by atoms with E-state index in [0.717, 1.165) is 0 Å². The van der Waals surface area contributed by atoms with Gasteiger partial charge in [-0.2, -0.15) is 0 Å². The van der Waals surface area contributed by atoms with Crippen LogP contribution in [0.15, 0.2) is 23.1 Å². The molecule has 104 valence electrons. The normalized spacial score (nSPS) is 21.8. The Bertz CT molecular complexity index is 628. The van der Waals surface area contributed by atoms with Gasteiger partial charge >= 0.3 is 0 Å². The number of likely N-dealkylation sites (N-methyl/N-ethyl adjacent to an activating group) is 1. The number of amides is 1. The monoisotopic (exact) mass is 302 g/mol. The van der Waals surface area contributed by atoms with Gasteiger partial charge in [-0.3, -0.25) is 4.79 Å². The van der Waals surface area contributed by atoms with Gasteiger partial charge in [0, 0.05) is 12.1 Å². The van der Waals surface area contributed by atoms with Crippen molar-refractivity contribution in [1.29, 1.82) is 0 Å². The fraction of sp³-hybridized carbons (Fsp3) is 0.417. The summed E-state index contributed by atoms with van der Waals surface area (Å²) >= 11 is 5.91. The van der Waals surface area contributed by atoms with E-state index in [4.69, 9.17) is 17.3 Å². The van der Waals surface area contributed by atoms with Crippen LogP contribution < -0.4 is 5.73 Å². The molecule has 1 amide bonds. The maximum absolute atomic E-state index is 12.1. The molecule has 0 saturated carbocycles. The van der Waals surface area contributed by atoms with Crippen molar-refractivity contribution in [1.82, 2.24) is 4.90 Å². The number of rotatable bonds is 2. The third kappa shape index (κ3) is 2.48. The Morgan fingerprint density at radius 3 is 2.74 bits per heavy atom. The molecule has 0 aliphatic carbocycles. The summed E-state index contributed by atoms with van der Waals surface area (Å²) in [5.74, 6) is -0.425. The second-order valence-corrected chi connectivity index (χ2v) is 7.16. The molecule has 2 rings (SSSR count). The van der Waals surface area contributed by atoms with E-state index in [1.807, 2.05) is 0 Å². The van der Waals surface area contributed by atoms with Crippen LogP contribution in [0, 0.1) is 0 Å². The van der Waals surface area contributed by atoms with Crippen molar-refractivity contribution in [2.75, 3.05) is 12.8 Å². The van der Waals surface area contributed by atoms with Crippen LogP contribution in [0.4, 0.5) is 0 Å². The predicted octanol–water partition coefficient (Wildman–Crippen LogP) is 0.974. The SMILES string of the molecule is CC(N)C(=O)N(C)C1CS(=O)(=O)c2ccc(Cl)cc21. The molecule has 0 fully saturated rings. The first-order valence-corrected chi connectivity index (χ1v) is 7.81. The summed E-state index contributed by atoms with van der Waals surface area (Å²) in [5.41, 5.74) is 6.11. The minimum atomic E-state index is -3.37. The fourth-order valence-corrected chi connectivity index (χ4v) is 4.25. The predicted molar refractivity (Wildman–Crippen MR) is 72.7 cm³/mol. The van der Waals surface area contributed by atoms with E-state index in [2.05, 4.69) is 0 Å². The van der Waals surface area contributed by atoms with Gasteiger partial charge in [0.25, 0.3) is 0 Å². The maximum atomic E-state index is 12.1. The Kier molecular flexibility index (Phi) is 3.59. The fourth-order valence-electron chi connectivity index (χ4n) is 2.25. The highest BCUT2D eigenvalue weighted by Crippen LogP contribution is 2.38. The van der Waals surface area contributed by atoms with Crippen molar-refractivity contribution >= 4 is 27.3 Å². The Labute approximate surface area is 117 Å². The topological polar surface area (TPSA) is 80.5 Å². The summed E-state index contributed by atoms with van der Waals surface area (Å²) in [6.07, 6.45) is 0. The highest BCUT2D eigenvalue weighted by atomic mass is 35.5. The molecule has 2 unspecified atom stereocenters. The molecule has 2 N–H and O–H groups in total. The molecule has 0 spiro atoms. The molecular formula is C12H15ClN2O3S. The number of hydrogen-bond acceptors (Lipinski definition) is 4. The number of fused-ring (bicyclic) bond motifs is 1. The number of carbonyl (C=O) groups excluding carboxylic acids is 1. The average molecular weight is 303 g/mol. The highest BCUT2D eigenvalue weighted by molar-refractivity contribution is 7.91. The van der Waals surface area contributed by atoms with Crippen molar-refractivity contribution in [2.45, 2.75) is 23.9 Å². The first-order valence-electron chi connectivity index (χ1n) is 5.78. The molecule has 1 aromatic rings. The molecule has 1 aromatic carbocycles. The molecule has 0 aromatic heterocycles. The zero-order valence-electron chi connectivity index (χ0n) is 10.6. The average Bonchev–Trinajstić information content (AvgIpc) is 2.59. The van der Waals surface area contributed by atoms with Gasteiger partial charge in [0.1, 0.15) is 0 Å². The summed E-state index contributed by atoms with van der Waals surface area (Å²) in [7, 11) is -1.81. The third-order valence-corrected chi connectivity index (χ3v) is 5.28. The Hall–Kier alpha value is -1.11. The van der Waals surface area contributed by atoms with Crippen molar-refractivity contribution in [3.05, 3.63) is 28.8 Å². The number of nitrogens with two attached hydrogens (primary N) is 1. The van der Waals surface area contributed by atoms with Crippen LogP contribution in [0.5, 0.6) is 0 Å². The van der Waals surface area contributed by atoms with Gasteiger partial charge in [0.2, 0.25) is 5.91 Å². The number of hydrogen-bond donors (Lipinski definition) is 1. The van der Waals surface area contributed by atoms with Gasteiger partial charge < -0.3 is 10.6 Å². The lowest BCUT2D eigenvalue weighted by Gasteiger charge is -2.26. The van der Waals surface area contributed by atoms with Crippen LogP contribution in [0.3, 0.4) is 0 Å². The Morgan fingerprint density at radius 2 is 2.16 bits per heavy atom. The largest absolute Gasteiger partial charge is 0.336 e. The second kappa shape index (κ2) is 4.77. The maximum Gasteiger partial charge on any atom is 0.239 e. The summed E-state index contributed by atoms with van der Waals surface area (Å²) < 4.78 is 24.1. The first-order chi connectivity index (χ1) is 8.74. The van der Waals surface area contributed by atoms with Crippen molar-refractivity contribution in [3.8, 4) is 0 Å². The van der Waals surface area contributed by atoms with Crippen LogP contribution >= 0.6 is 11.6 Å². The number of nitrogens with zero attached hydrogens (tertiary/aromatic N) is 1. The number of halogens is 1. The van der Waals surface area contributed by atoms with E-state index in [1.165, 1.54) is 17.0 Å². The number of benzene rings is 1.